The molecule has 1 saturated carbocycles. The number of nitrogens with one attached hydrogen (secondary N) is 1. The fourth-order valence-corrected chi connectivity index (χ4v) is 2.22. The first-order valence-corrected chi connectivity index (χ1v) is 6.07. The summed E-state index contributed by atoms with van der Waals surface area (Å²) < 4.78 is 5.52. The van der Waals surface area contributed by atoms with E-state index in [-0.39, 0.29) is 0 Å². The van der Waals surface area contributed by atoms with E-state index in [1.807, 2.05) is 19.9 Å². The van der Waals surface area contributed by atoms with Crippen molar-refractivity contribution in [2.24, 2.45) is 0 Å². The molecule has 4 heteroatoms. The van der Waals surface area contributed by atoms with Gasteiger partial charge in [0, 0.05) is 18.8 Å². The SMILES string of the molecule is CCOC1CC(Nc2c(C)ccnc2Cl)C1. The molecule has 1 aliphatic carbocycles. The summed E-state index contributed by atoms with van der Waals surface area (Å²) in [6.45, 7) is 4.86. The minimum atomic E-state index is 0.415. The molecule has 0 atom stereocenters. The van der Waals surface area contributed by atoms with E-state index >= 15 is 0 Å². The predicted molar refractivity (Wildman–Crippen MR) is 66.0 cm³/mol. The van der Waals surface area contributed by atoms with Gasteiger partial charge < -0.3 is 10.1 Å². The van der Waals surface area contributed by atoms with Crippen LogP contribution in [0.25, 0.3) is 0 Å². The van der Waals surface area contributed by atoms with E-state index < -0.39 is 0 Å². The molecule has 0 amide bonds. The molecular formula is C12H17ClN2O. The normalized spacial score (nSPS) is 23.9. The molecule has 16 heavy (non-hydrogen) atoms. The molecule has 0 unspecified atom stereocenters. The molecule has 0 saturated heterocycles. The van der Waals surface area contributed by atoms with Crippen molar-refractivity contribution < 1.29 is 4.74 Å². The van der Waals surface area contributed by atoms with Crippen LogP contribution in [0.3, 0.4) is 0 Å². The number of halogens is 1. The number of hydrogen-bond acceptors (Lipinski definition) is 3. The van der Waals surface area contributed by atoms with Gasteiger partial charge in [0.2, 0.25) is 0 Å². The smallest absolute Gasteiger partial charge is 0.152 e. The molecule has 2 rings (SSSR count). The van der Waals surface area contributed by atoms with E-state index in [9.17, 15) is 0 Å². The summed E-state index contributed by atoms with van der Waals surface area (Å²) in [5.74, 6) is 0. The topological polar surface area (TPSA) is 34.1 Å². The van der Waals surface area contributed by atoms with E-state index in [0.717, 1.165) is 30.7 Å². The highest BCUT2D eigenvalue weighted by Crippen LogP contribution is 2.30. The Kier molecular flexibility index (Phi) is 3.66. The summed E-state index contributed by atoms with van der Waals surface area (Å²) in [5.41, 5.74) is 2.10. The Morgan fingerprint density at radius 3 is 2.94 bits per heavy atom. The van der Waals surface area contributed by atoms with Crippen molar-refractivity contribution in [3.63, 3.8) is 0 Å². The first-order valence-electron chi connectivity index (χ1n) is 5.70. The molecule has 1 aromatic rings. The Labute approximate surface area is 101 Å². The Morgan fingerprint density at radius 1 is 1.56 bits per heavy atom. The molecule has 1 aromatic heterocycles. The van der Waals surface area contributed by atoms with Gasteiger partial charge in [-0.25, -0.2) is 4.98 Å². The van der Waals surface area contributed by atoms with Gasteiger partial charge in [-0.05, 0) is 38.3 Å². The second-order valence-corrected chi connectivity index (χ2v) is 4.54. The quantitative estimate of drug-likeness (QED) is 0.822. The molecule has 1 N–H and O–H groups in total. The van der Waals surface area contributed by atoms with E-state index in [1.54, 1.807) is 6.20 Å². The Bertz CT molecular complexity index is 344. The minimum Gasteiger partial charge on any atom is -0.379 e. The first-order chi connectivity index (χ1) is 7.70. The summed E-state index contributed by atoms with van der Waals surface area (Å²) in [5, 5.41) is 3.98. The van der Waals surface area contributed by atoms with Gasteiger partial charge in [0.1, 0.15) is 0 Å². The lowest BCUT2D eigenvalue weighted by atomic mass is 9.89. The summed E-state index contributed by atoms with van der Waals surface area (Å²) in [7, 11) is 0. The van der Waals surface area contributed by atoms with Crippen molar-refractivity contribution in [2.75, 3.05) is 11.9 Å². The van der Waals surface area contributed by atoms with Crippen molar-refractivity contribution >= 4 is 17.3 Å². The van der Waals surface area contributed by atoms with Crippen LogP contribution in [0, 0.1) is 6.92 Å². The molecule has 1 heterocycles. The summed E-state index contributed by atoms with van der Waals surface area (Å²) in [6, 6.07) is 2.43. The van der Waals surface area contributed by atoms with Crippen LogP contribution < -0.4 is 5.32 Å². The van der Waals surface area contributed by atoms with Gasteiger partial charge in [-0.3, -0.25) is 0 Å². The zero-order chi connectivity index (χ0) is 11.5. The van der Waals surface area contributed by atoms with Crippen LogP contribution in [-0.4, -0.2) is 23.7 Å². The number of nitrogens with zero attached hydrogens (tertiary/aromatic N) is 1. The Hall–Kier alpha value is -0.800. The lowest BCUT2D eigenvalue weighted by molar-refractivity contribution is 0.00298. The molecule has 1 aliphatic rings. The number of pyridine rings is 1. The van der Waals surface area contributed by atoms with Crippen LogP contribution in [-0.2, 0) is 4.74 Å². The van der Waals surface area contributed by atoms with Crippen molar-refractivity contribution in [1.29, 1.82) is 0 Å². The third kappa shape index (κ3) is 2.47. The second kappa shape index (κ2) is 5.02. The van der Waals surface area contributed by atoms with Gasteiger partial charge in [0.15, 0.2) is 5.15 Å². The van der Waals surface area contributed by atoms with Crippen molar-refractivity contribution in [1.82, 2.24) is 4.98 Å². The van der Waals surface area contributed by atoms with Crippen molar-refractivity contribution in [2.45, 2.75) is 38.8 Å². The fraction of sp³-hybridized carbons (Fsp3) is 0.583. The maximum atomic E-state index is 6.05. The molecule has 0 spiro atoms. The molecule has 1 fully saturated rings. The monoisotopic (exact) mass is 240 g/mol. The fourth-order valence-electron chi connectivity index (χ4n) is 1.96. The first kappa shape index (κ1) is 11.7. The highest BCUT2D eigenvalue weighted by Gasteiger charge is 2.30. The number of rotatable bonds is 4. The average Bonchev–Trinajstić information content (AvgIpc) is 2.19. The predicted octanol–water partition coefficient (Wildman–Crippen LogP) is 3.02. The van der Waals surface area contributed by atoms with Gasteiger partial charge in [0.25, 0.3) is 0 Å². The van der Waals surface area contributed by atoms with Crippen LogP contribution in [0.5, 0.6) is 0 Å². The highest BCUT2D eigenvalue weighted by atomic mass is 35.5. The van der Waals surface area contributed by atoms with Crippen LogP contribution in [0.2, 0.25) is 5.15 Å². The lowest BCUT2D eigenvalue weighted by Crippen LogP contribution is -2.41. The van der Waals surface area contributed by atoms with Gasteiger partial charge in [-0.15, -0.1) is 0 Å². The number of anilines is 1. The number of ether oxygens (including phenoxy) is 1. The lowest BCUT2D eigenvalue weighted by Gasteiger charge is -2.36. The summed E-state index contributed by atoms with van der Waals surface area (Å²) in [4.78, 5) is 4.08. The van der Waals surface area contributed by atoms with Crippen molar-refractivity contribution in [3.05, 3.63) is 23.0 Å². The summed E-state index contributed by atoms with van der Waals surface area (Å²) in [6.07, 6.45) is 4.25. The number of aromatic nitrogens is 1. The second-order valence-electron chi connectivity index (χ2n) is 4.18. The molecule has 88 valence electrons. The largest absolute Gasteiger partial charge is 0.379 e. The number of hydrogen-bond donors (Lipinski definition) is 1. The zero-order valence-corrected chi connectivity index (χ0v) is 10.4. The molecule has 0 bridgehead atoms. The minimum absolute atomic E-state index is 0.415. The van der Waals surface area contributed by atoms with Gasteiger partial charge in [0.05, 0.1) is 11.8 Å². The van der Waals surface area contributed by atoms with Crippen molar-refractivity contribution in [3.8, 4) is 0 Å². The maximum Gasteiger partial charge on any atom is 0.152 e. The molecule has 0 radical (unpaired) electrons. The highest BCUT2D eigenvalue weighted by molar-refractivity contribution is 6.32. The van der Waals surface area contributed by atoms with Crippen LogP contribution in [0.1, 0.15) is 25.3 Å². The molecular weight excluding hydrogens is 224 g/mol. The third-order valence-corrected chi connectivity index (χ3v) is 3.25. The third-order valence-electron chi connectivity index (χ3n) is 2.96. The molecule has 0 aromatic carbocycles. The van der Waals surface area contributed by atoms with E-state index in [2.05, 4.69) is 10.3 Å². The van der Waals surface area contributed by atoms with Gasteiger partial charge >= 0.3 is 0 Å². The van der Waals surface area contributed by atoms with E-state index in [1.165, 1.54) is 0 Å². The van der Waals surface area contributed by atoms with Gasteiger partial charge in [-0.1, -0.05) is 11.6 Å². The van der Waals surface area contributed by atoms with Crippen LogP contribution in [0.4, 0.5) is 5.69 Å². The van der Waals surface area contributed by atoms with E-state index in [0.29, 0.717) is 17.3 Å². The standard InChI is InChI=1S/C12H17ClN2O/c1-3-16-10-6-9(7-10)15-11-8(2)4-5-14-12(11)13/h4-5,9-10,15H,3,6-7H2,1-2H3. The Balaban J connectivity index is 1.91. The molecule has 0 aliphatic heterocycles. The van der Waals surface area contributed by atoms with Gasteiger partial charge in [-0.2, -0.15) is 0 Å². The van der Waals surface area contributed by atoms with Crippen LogP contribution >= 0.6 is 11.6 Å². The van der Waals surface area contributed by atoms with E-state index in [4.69, 9.17) is 16.3 Å². The number of aryl methyl sites for hydroxylation is 1. The van der Waals surface area contributed by atoms with Crippen LogP contribution in [0.15, 0.2) is 12.3 Å². The average molecular weight is 241 g/mol. The zero-order valence-electron chi connectivity index (χ0n) is 9.66. The Morgan fingerprint density at radius 2 is 2.31 bits per heavy atom. The summed E-state index contributed by atoms with van der Waals surface area (Å²) >= 11 is 6.05. The maximum absolute atomic E-state index is 6.05. The molecule has 3 nitrogen and oxygen atoms in total.